The van der Waals surface area contributed by atoms with Crippen LogP contribution in [0.1, 0.15) is 25.1 Å². The van der Waals surface area contributed by atoms with Crippen molar-refractivity contribution < 1.29 is 4.39 Å². The number of para-hydroxylation sites is 1. The zero-order valence-corrected chi connectivity index (χ0v) is 12.6. The van der Waals surface area contributed by atoms with E-state index in [2.05, 4.69) is 23.3 Å². The van der Waals surface area contributed by atoms with Crippen molar-refractivity contribution in [2.45, 2.75) is 26.9 Å². The van der Waals surface area contributed by atoms with Gasteiger partial charge in [-0.15, -0.1) is 0 Å². The molecule has 1 N–H and O–H groups in total. The first-order valence-corrected chi connectivity index (χ1v) is 7.38. The number of rotatable bonds is 7. The van der Waals surface area contributed by atoms with E-state index in [1.165, 1.54) is 6.07 Å². The van der Waals surface area contributed by atoms with E-state index in [0.29, 0.717) is 12.2 Å². The van der Waals surface area contributed by atoms with Crippen LogP contribution in [0.15, 0.2) is 42.6 Å². The number of nitrogens with zero attached hydrogens (tertiary/aromatic N) is 2. The Balaban J connectivity index is 2.07. The maximum Gasteiger partial charge on any atom is 0.146 e. The van der Waals surface area contributed by atoms with E-state index in [0.717, 1.165) is 30.9 Å². The minimum absolute atomic E-state index is 0.192. The van der Waals surface area contributed by atoms with Gasteiger partial charge < -0.3 is 10.2 Å². The van der Waals surface area contributed by atoms with E-state index < -0.39 is 0 Å². The van der Waals surface area contributed by atoms with E-state index in [4.69, 9.17) is 0 Å². The van der Waals surface area contributed by atoms with Crippen molar-refractivity contribution in [2.75, 3.05) is 18.0 Å². The van der Waals surface area contributed by atoms with Crippen molar-refractivity contribution in [3.05, 3.63) is 59.7 Å². The molecule has 0 fully saturated rings. The fourth-order valence-electron chi connectivity index (χ4n) is 2.19. The molecule has 21 heavy (non-hydrogen) atoms. The van der Waals surface area contributed by atoms with Crippen LogP contribution in [0.2, 0.25) is 0 Å². The summed E-state index contributed by atoms with van der Waals surface area (Å²) in [5.41, 5.74) is 2.73. The molecule has 0 aliphatic carbocycles. The first-order chi connectivity index (χ1) is 10.2. The predicted molar refractivity (Wildman–Crippen MR) is 84.7 cm³/mol. The molecular formula is C17H22FN3. The van der Waals surface area contributed by atoms with Gasteiger partial charge in [-0.3, -0.25) is 4.98 Å². The summed E-state index contributed by atoms with van der Waals surface area (Å²) in [6, 6.07) is 10.9. The van der Waals surface area contributed by atoms with Crippen molar-refractivity contribution in [1.82, 2.24) is 10.3 Å². The molecule has 0 spiro atoms. The van der Waals surface area contributed by atoms with Crippen LogP contribution in [-0.2, 0) is 13.1 Å². The smallest absolute Gasteiger partial charge is 0.146 e. The van der Waals surface area contributed by atoms with Gasteiger partial charge in [0.2, 0.25) is 0 Å². The summed E-state index contributed by atoms with van der Waals surface area (Å²) in [5, 5.41) is 3.27. The molecule has 1 aromatic heterocycles. The van der Waals surface area contributed by atoms with Crippen LogP contribution in [0.5, 0.6) is 0 Å². The largest absolute Gasteiger partial charge is 0.364 e. The molecule has 1 heterocycles. The zero-order valence-electron chi connectivity index (χ0n) is 12.6. The predicted octanol–water partition coefficient (Wildman–Crippen LogP) is 3.36. The average molecular weight is 287 g/mol. The number of aromatic nitrogens is 1. The van der Waals surface area contributed by atoms with Gasteiger partial charge in [0.25, 0.3) is 0 Å². The van der Waals surface area contributed by atoms with E-state index in [1.54, 1.807) is 12.1 Å². The van der Waals surface area contributed by atoms with Gasteiger partial charge in [0.05, 0.1) is 17.9 Å². The molecular weight excluding hydrogens is 265 g/mol. The molecule has 2 aromatic rings. The second-order valence-electron chi connectivity index (χ2n) is 4.90. The van der Waals surface area contributed by atoms with Gasteiger partial charge in [-0.1, -0.05) is 25.1 Å². The quantitative estimate of drug-likeness (QED) is 0.846. The number of pyridine rings is 1. The van der Waals surface area contributed by atoms with Crippen molar-refractivity contribution in [2.24, 2.45) is 0 Å². The maximum atomic E-state index is 13.9. The summed E-state index contributed by atoms with van der Waals surface area (Å²) in [7, 11) is 0. The Hall–Kier alpha value is -1.94. The SMILES string of the molecule is CCNCc1ccc(CN(CC)c2ccccc2F)nc1. The minimum atomic E-state index is -0.192. The van der Waals surface area contributed by atoms with Crippen molar-refractivity contribution >= 4 is 5.69 Å². The normalized spacial score (nSPS) is 10.6. The lowest BCUT2D eigenvalue weighted by molar-refractivity contribution is 0.617. The molecule has 0 unspecified atom stereocenters. The van der Waals surface area contributed by atoms with Gasteiger partial charge in [0, 0.05) is 19.3 Å². The summed E-state index contributed by atoms with van der Waals surface area (Å²) in [4.78, 5) is 6.46. The lowest BCUT2D eigenvalue weighted by atomic mass is 10.2. The Kier molecular flexibility index (Phi) is 5.69. The van der Waals surface area contributed by atoms with Crippen molar-refractivity contribution in [3.8, 4) is 0 Å². The fourth-order valence-corrected chi connectivity index (χ4v) is 2.19. The molecule has 4 heteroatoms. The second kappa shape index (κ2) is 7.74. The van der Waals surface area contributed by atoms with Gasteiger partial charge >= 0.3 is 0 Å². The van der Waals surface area contributed by atoms with E-state index in [9.17, 15) is 4.39 Å². The Morgan fingerprint density at radius 2 is 1.95 bits per heavy atom. The number of hydrogen-bond acceptors (Lipinski definition) is 3. The summed E-state index contributed by atoms with van der Waals surface area (Å²) < 4.78 is 13.9. The van der Waals surface area contributed by atoms with Gasteiger partial charge in [-0.2, -0.15) is 0 Å². The minimum Gasteiger partial charge on any atom is -0.364 e. The highest BCUT2D eigenvalue weighted by atomic mass is 19.1. The molecule has 1 aromatic carbocycles. The summed E-state index contributed by atoms with van der Waals surface area (Å²) in [5.74, 6) is -0.192. The molecule has 0 radical (unpaired) electrons. The Labute approximate surface area is 125 Å². The highest BCUT2D eigenvalue weighted by Gasteiger charge is 2.10. The van der Waals surface area contributed by atoms with Crippen LogP contribution in [0.25, 0.3) is 0 Å². The van der Waals surface area contributed by atoms with Crippen LogP contribution in [0.4, 0.5) is 10.1 Å². The standard InChI is InChI=1S/C17H22FN3/c1-3-19-11-14-9-10-15(20-12-14)13-21(4-2)17-8-6-5-7-16(17)18/h5-10,12,19H,3-4,11,13H2,1-2H3. The van der Waals surface area contributed by atoms with Gasteiger partial charge in [0.1, 0.15) is 5.82 Å². The third-order valence-electron chi connectivity index (χ3n) is 3.39. The highest BCUT2D eigenvalue weighted by Crippen LogP contribution is 2.20. The van der Waals surface area contributed by atoms with E-state index >= 15 is 0 Å². The molecule has 0 saturated heterocycles. The number of hydrogen-bond donors (Lipinski definition) is 1. The summed E-state index contributed by atoms with van der Waals surface area (Å²) in [6.45, 7) is 7.22. The molecule has 112 valence electrons. The third kappa shape index (κ3) is 4.26. The van der Waals surface area contributed by atoms with E-state index in [1.807, 2.05) is 30.2 Å². The van der Waals surface area contributed by atoms with Crippen LogP contribution in [0, 0.1) is 5.82 Å². The monoisotopic (exact) mass is 287 g/mol. The lowest BCUT2D eigenvalue weighted by Crippen LogP contribution is -2.23. The molecule has 0 amide bonds. The fraction of sp³-hybridized carbons (Fsp3) is 0.353. The molecule has 0 atom stereocenters. The molecule has 0 bridgehead atoms. The number of nitrogens with one attached hydrogen (secondary N) is 1. The van der Waals surface area contributed by atoms with Gasteiger partial charge in [-0.05, 0) is 37.2 Å². The van der Waals surface area contributed by atoms with Gasteiger partial charge in [-0.25, -0.2) is 4.39 Å². The third-order valence-corrected chi connectivity index (χ3v) is 3.39. The maximum absolute atomic E-state index is 13.9. The summed E-state index contributed by atoms with van der Waals surface area (Å²) in [6.07, 6.45) is 1.88. The molecule has 0 aliphatic heterocycles. The number of benzene rings is 1. The molecule has 0 saturated carbocycles. The average Bonchev–Trinajstić information content (AvgIpc) is 2.52. The molecule has 0 aliphatic rings. The first-order valence-electron chi connectivity index (χ1n) is 7.38. The van der Waals surface area contributed by atoms with Crippen molar-refractivity contribution in [1.29, 1.82) is 0 Å². The van der Waals surface area contributed by atoms with Crippen LogP contribution in [0.3, 0.4) is 0 Å². The highest BCUT2D eigenvalue weighted by molar-refractivity contribution is 5.47. The van der Waals surface area contributed by atoms with Crippen molar-refractivity contribution in [3.63, 3.8) is 0 Å². The first kappa shape index (κ1) is 15.4. The van der Waals surface area contributed by atoms with Crippen LogP contribution >= 0.6 is 0 Å². The topological polar surface area (TPSA) is 28.2 Å². The zero-order chi connectivity index (χ0) is 15.1. The summed E-state index contributed by atoms with van der Waals surface area (Å²) >= 11 is 0. The number of anilines is 1. The molecule has 3 nitrogen and oxygen atoms in total. The second-order valence-corrected chi connectivity index (χ2v) is 4.90. The Bertz CT molecular complexity index is 554. The Morgan fingerprint density at radius 1 is 1.14 bits per heavy atom. The Morgan fingerprint density at radius 3 is 2.57 bits per heavy atom. The van der Waals surface area contributed by atoms with Gasteiger partial charge in [0.15, 0.2) is 0 Å². The van der Waals surface area contributed by atoms with Crippen LogP contribution < -0.4 is 10.2 Å². The molecule has 2 rings (SSSR count). The lowest BCUT2D eigenvalue weighted by Gasteiger charge is -2.23. The van der Waals surface area contributed by atoms with Crippen LogP contribution in [-0.4, -0.2) is 18.1 Å². The van der Waals surface area contributed by atoms with E-state index in [-0.39, 0.29) is 5.82 Å². The number of halogens is 1.